The van der Waals surface area contributed by atoms with Crippen molar-refractivity contribution in [3.8, 4) is 22.4 Å². The minimum atomic E-state index is -0.133. The van der Waals surface area contributed by atoms with Crippen molar-refractivity contribution >= 4 is 24.5 Å². The molecule has 1 saturated heterocycles. The topological polar surface area (TPSA) is 125 Å². The van der Waals surface area contributed by atoms with Gasteiger partial charge in [0.2, 0.25) is 12.3 Å². The molecular weight excluding hydrogens is 600 g/mol. The molecule has 2 aromatic carbocycles. The number of fused-ring (bicyclic) bond motifs is 3. The Morgan fingerprint density at radius 3 is 2.62 bits per heavy atom. The fourth-order valence-corrected chi connectivity index (χ4v) is 8.21. The molecule has 8 rings (SSSR count). The minimum absolute atomic E-state index is 0.0316. The number of nitrogens with two attached hydrogens (primary N) is 1. The summed E-state index contributed by atoms with van der Waals surface area (Å²) >= 11 is 0. The van der Waals surface area contributed by atoms with E-state index >= 15 is 0 Å². The van der Waals surface area contributed by atoms with Crippen LogP contribution in [0, 0.1) is 11.3 Å². The molecule has 48 heavy (non-hydrogen) atoms. The highest BCUT2D eigenvalue weighted by Gasteiger charge is 2.45. The Morgan fingerprint density at radius 2 is 1.88 bits per heavy atom. The third kappa shape index (κ3) is 5.72. The Hall–Kier alpha value is -4.70. The number of nitrogen functional groups attached to an aromatic ring is 1. The second-order valence-corrected chi connectivity index (χ2v) is 14.7. The van der Waals surface area contributed by atoms with Crippen LogP contribution in [0.5, 0.6) is 0 Å². The van der Waals surface area contributed by atoms with E-state index in [1.54, 1.807) is 9.58 Å². The first-order valence-corrected chi connectivity index (χ1v) is 17.2. The number of piperidine rings is 1. The second-order valence-electron chi connectivity index (χ2n) is 14.7. The van der Waals surface area contributed by atoms with Gasteiger partial charge in [0.15, 0.2) is 0 Å². The lowest BCUT2D eigenvalue weighted by atomic mass is 9.93. The number of hydrogen-bond acceptors (Lipinski definition) is 6. The first-order chi connectivity index (χ1) is 23.3. The third-order valence-corrected chi connectivity index (χ3v) is 11.4. The highest BCUT2D eigenvalue weighted by atomic mass is 16.2. The zero-order chi connectivity index (χ0) is 33.0. The minimum Gasteiger partial charge on any atom is -0.350 e. The van der Waals surface area contributed by atoms with Gasteiger partial charge in [-0.2, -0.15) is 0 Å². The van der Waals surface area contributed by atoms with Gasteiger partial charge in [-0.25, -0.2) is 14.6 Å². The molecular formula is C38H44N8O2. The average molecular weight is 645 g/mol. The molecule has 2 bridgehead atoms. The summed E-state index contributed by atoms with van der Waals surface area (Å²) in [5.41, 5.74) is 5.61. The molecule has 10 heteroatoms. The van der Waals surface area contributed by atoms with Crippen molar-refractivity contribution < 1.29 is 9.59 Å². The summed E-state index contributed by atoms with van der Waals surface area (Å²) in [5.74, 6) is 8.99. The molecule has 248 valence electrons. The molecule has 2 amide bonds. The van der Waals surface area contributed by atoms with Crippen molar-refractivity contribution in [1.82, 2.24) is 34.7 Å². The van der Waals surface area contributed by atoms with Gasteiger partial charge in [0.1, 0.15) is 11.6 Å². The van der Waals surface area contributed by atoms with Crippen LogP contribution in [-0.2, 0) is 16.1 Å². The van der Waals surface area contributed by atoms with E-state index in [2.05, 4.69) is 88.8 Å². The number of amides is 2. The Morgan fingerprint density at radius 1 is 1.08 bits per heavy atom. The molecule has 0 radical (unpaired) electrons. The van der Waals surface area contributed by atoms with Crippen LogP contribution in [0.1, 0.15) is 74.8 Å². The fourth-order valence-electron chi connectivity index (χ4n) is 8.21. The van der Waals surface area contributed by atoms with Crippen molar-refractivity contribution in [2.24, 2.45) is 11.3 Å². The maximum atomic E-state index is 12.9. The Kier molecular flexibility index (Phi) is 7.70. The highest BCUT2D eigenvalue weighted by molar-refractivity contribution is 5.80. The summed E-state index contributed by atoms with van der Waals surface area (Å²) in [6.07, 6.45) is 15.8. The maximum absolute atomic E-state index is 12.9. The third-order valence-electron chi connectivity index (χ3n) is 11.4. The number of nitrogens with one attached hydrogen (secondary N) is 2. The summed E-state index contributed by atoms with van der Waals surface area (Å²) in [7, 11) is 2.25. The number of likely N-dealkylation sites (tertiary alicyclic amines) is 1. The van der Waals surface area contributed by atoms with Crippen molar-refractivity contribution in [2.45, 2.75) is 70.0 Å². The number of carbonyl (C=O) groups is 2. The summed E-state index contributed by atoms with van der Waals surface area (Å²) < 4.78 is 1.64. The lowest BCUT2D eigenvalue weighted by Gasteiger charge is -2.30. The van der Waals surface area contributed by atoms with Gasteiger partial charge in [0, 0.05) is 18.5 Å². The lowest BCUT2D eigenvalue weighted by Crippen LogP contribution is -2.41. The number of rotatable bonds is 11. The van der Waals surface area contributed by atoms with E-state index in [1.165, 1.54) is 40.8 Å². The van der Waals surface area contributed by atoms with E-state index in [1.807, 2.05) is 12.4 Å². The van der Waals surface area contributed by atoms with E-state index in [-0.39, 0.29) is 23.8 Å². The molecule has 4 N–H and O–H groups in total. The molecule has 10 nitrogen and oxygen atoms in total. The number of H-pyrrole nitrogens is 1. The second kappa shape index (κ2) is 12.1. The van der Waals surface area contributed by atoms with Crippen LogP contribution >= 0.6 is 0 Å². The van der Waals surface area contributed by atoms with Crippen LogP contribution in [0.3, 0.4) is 0 Å². The number of nitrogens with zero attached hydrogens (tertiary/aromatic N) is 5. The van der Waals surface area contributed by atoms with Crippen LogP contribution in [0.2, 0.25) is 0 Å². The summed E-state index contributed by atoms with van der Waals surface area (Å²) in [5, 5.41) is 4.87. The van der Waals surface area contributed by atoms with Gasteiger partial charge < -0.3 is 21.0 Å². The summed E-state index contributed by atoms with van der Waals surface area (Å²) in [6.45, 7) is 3.08. The number of aromatic nitrogens is 4. The van der Waals surface area contributed by atoms with E-state index in [0.717, 1.165) is 48.0 Å². The lowest BCUT2D eigenvalue weighted by molar-refractivity contribution is -0.132. The van der Waals surface area contributed by atoms with Crippen molar-refractivity contribution in [2.75, 3.05) is 26.0 Å². The van der Waals surface area contributed by atoms with Gasteiger partial charge in [-0.1, -0.05) is 55.5 Å². The molecule has 1 aliphatic heterocycles. The molecule has 4 atom stereocenters. The van der Waals surface area contributed by atoms with E-state index in [0.29, 0.717) is 37.4 Å². The molecule has 3 aliphatic carbocycles. The average Bonchev–Trinajstić information content (AvgIpc) is 3.56. The number of hydrogen-bond donors (Lipinski definition) is 3. The number of benzene rings is 2. The largest absolute Gasteiger partial charge is 0.350 e. The summed E-state index contributed by atoms with van der Waals surface area (Å²) in [4.78, 5) is 41.0. The first kappa shape index (κ1) is 30.6. The Balaban J connectivity index is 0.964. The monoisotopic (exact) mass is 644 g/mol. The molecule has 2 saturated carbocycles. The van der Waals surface area contributed by atoms with Crippen LogP contribution in [0.25, 0.3) is 34.5 Å². The fraction of sp³-hybridized carbons (Fsp3) is 0.421. The van der Waals surface area contributed by atoms with Crippen molar-refractivity contribution in [1.29, 1.82) is 0 Å². The van der Waals surface area contributed by atoms with Crippen LogP contribution in [0.15, 0.2) is 54.9 Å². The normalized spacial score (nSPS) is 23.6. The Labute approximate surface area is 280 Å². The molecule has 4 aliphatic rings. The predicted octanol–water partition coefficient (Wildman–Crippen LogP) is 3.43. The summed E-state index contributed by atoms with van der Waals surface area (Å²) in [6, 6.07) is 16.5. The number of imidazole rings is 2. The van der Waals surface area contributed by atoms with Gasteiger partial charge >= 0.3 is 0 Å². The Bertz CT molecular complexity index is 1970. The van der Waals surface area contributed by atoms with Gasteiger partial charge in [-0.05, 0) is 90.1 Å². The van der Waals surface area contributed by atoms with E-state index in [4.69, 9.17) is 10.8 Å². The molecule has 3 heterocycles. The standard InChI is InChI=1S/C38H44N8O2/c1-38(13-14-38)22-45(35(48)20-40-23-47)21-34-41-19-33(46(34)39)29-10-9-27-15-26(7-8-28(27)16-29)24-3-5-25(6-4-24)32-18-42-37(43-32)36-30-11-12-31(17-30)44(36)2/h3-9,15-16,18-19,23,29-31,36H,10-14,17,20-22,39H2,1-2H3,(H,40,47)(H,42,43)/t29?,30-,31?,36-/m0/s1. The zero-order valence-corrected chi connectivity index (χ0v) is 27.7. The molecule has 2 aromatic heterocycles. The number of aromatic amines is 1. The molecule has 0 spiro atoms. The van der Waals surface area contributed by atoms with Gasteiger partial charge in [-0.15, -0.1) is 0 Å². The molecule has 2 unspecified atom stereocenters. The first-order valence-electron chi connectivity index (χ1n) is 17.2. The maximum Gasteiger partial charge on any atom is 0.242 e. The van der Waals surface area contributed by atoms with Crippen LogP contribution < -0.4 is 21.6 Å². The van der Waals surface area contributed by atoms with E-state index < -0.39 is 0 Å². The van der Waals surface area contributed by atoms with Gasteiger partial charge in [-0.3, -0.25) is 14.5 Å². The zero-order valence-electron chi connectivity index (χ0n) is 27.7. The van der Waals surface area contributed by atoms with Gasteiger partial charge in [0.25, 0.3) is 0 Å². The van der Waals surface area contributed by atoms with Crippen LogP contribution in [0.4, 0.5) is 0 Å². The van der Waals surface area contributed by atoms with Crippen molar-refractivity contribution in [3.63, 3.8) is 0 Å². The van der Waals surface area contributed by atoms with Gasteiger partial charge in [0.05, 0.1) is 42.9 Å². The predicted molar refractivity (Wildman–Crippen MR) is 186 cm³/mol. The van der Waals surface area contributed by atoms with E-state index in [9.17, 15) is 9.59 Å². The highest BCUT2D eigenvalue weighted by Crippen LogP contribution is 2.48. The molecule has 4 aromatic rings. The number of carbonyl (C=O) groups excluding carboxylic acids is 2. The molecule has 3 fully saturated rings. The van der Waals surface area contributed by atoms with Crippen LogP contribution in [-0.4, -0.2) is 67.9 Å². The quantitative estimate of drug-likeness (QED) is 0.170. The van der Waals surface area contributed by atoms with Crippen molar-refractivity contribution in [3.05, 3.63) is 82.6 Å². The SMILES string of the molecule is CN1C2CC[C@@H](C2)[C@H]1c1ncc(-c2ccc(-c3ccc4c(c3)=CCC(c3cnc(CN(CC5(C)CC5)C(=O)CNC=O)n3N)C=4)cc2)[nH]1. The smallest absolute Gasteiger partial charge is 0.242 e.